The number of methoxy groups -OCH3 is 1. The van der Waals surface area contributed by atoms with Gasteiger partial charge in [0.25, 0.3) is 0 Å². The maximum Gasteiger partial charge on any atom is 0.324 e. The lowest BCUT2D eigenvalue weighted by Gasteiger charge is -2.38. The summed E-state index contributed by atoms with van der Waals surface area (Å²) >= 11 is 0. The molecular formula is C15H23NO6. The van der Waals surface area contributed by atoms with Crippen molar-refractivity contribution in [1.82, 2.24) is 0 Å². The highest BCUT2D eigenvalue weighted by molar-refractivity contribution is 5.88. The minimum Gasteiger partial charge on any atom is -0.481 e. The smallest absolute Gasteiger partial charge is 0.324 e. The summed E-state index contributed by atoms with van der Waals surface area (Å²) in [7, 11) is 1.26. The van der Waals surface area contributed by atoms with Crippen LogP contribution in [0.4, 0.5) is 0 Å². The Kier molecular flexibility index (Phi) is 3.97. The average Bonchev–Trinajstić information content (AvgIpc) is 3.11. The molecule has 0 heterocycles. The van der Waals surface area contributed by atoms with E-state index in [2.05, 4.69) is 4.74 Å². The summed E-state index contributed by atoms with van der Waals surface area (Å²) in [6, 6.07) is 0. The number of rotatable bonds is 6. The fourth-order valence-electron chi connectivity index (χ4n) is 5.21. The number of carboxylic acid groups (broad SMARTS) is 2. The third-order valence-corrected chi connectivity index (χ3v) is 6.01. The van der Waals surface area contributed by atoms with Crippen LogP contribution in [0.5, 0.6) is 0 Å². The second-order valence-electron chi connectivity index (χ2n) is 6.37. The molecule has 1 unspecified atom stereocenters. The van der Waals surface area contributed by atoms with Gasteiger partial charge in [-0.05, 0) is 24.2 Å². The highest BCUT2D eigenvalue weighted by Crippen LogP contribution is 2.78. The zero-order valence-electron chi connectivity index (χ0n) is 13.0. The maximum atomic E-state index is 11.9. The topological polar surface area (TPSA) is 127 Å². The van der Waals surface area contributed by atoms with Gasteiger partial charge in [0.2, 0.25) is 0 Å². The molecule has 124 valence electrons. The van der Waals surface area contributed by atoms with Gasteiger partial charge in [0.1, 0.15) is 5.54 Å². The van der Waals surface area contributed by atoms with Crippen molar-refractivity contribution < 1.29 is 29.3 Å². The minimum absolute atomic E-state index is 0.0113. The molecule has 6 atom stereocenters. The van der Waals surface area contributed by atoms with Gasteiger partial charge in [0.05, 0.1) is 13.0 Å². The molecule has 0 bridgehead atoms. The molecule has 2 aliphatic carbocycles. The minimum atomic E-state index is -1.62. The number of fused-ring (bicyclic) bond motifs is 1. The summed E-state index contributed by atoms with van der Waals surface area (Å²) in [4.78, 5) is 35.2. The lowest BCUT2D eigenvalue weighted by atomic mass is 9.69. The van der Waals surface area contributed by atoms with Crippen molar-refractivity contribution in [2.45, 2.75) is 38.6 Å². The van der Waals surface area contributed by atoms with E-state index in [4.69, 9.17) is 5.73 Å². The van der Waals surface area contributed by atoms with Crippen LogP contribution in [-0.2, 0) is 19.1 Å². The first-order valence-electron chi connectivity index (χ1n) is 7.55. The predicted octanol–water partition coefficient (Wildman–Crippen LogP) is 0.715. The van der Waals surface area contributed by atoms with Crippen LogP contribution in [0.3, 0.4) is 0 Å². The number of carboxylic acids is 2. The van der Waals surface area contributed by atoms with Gasteiger partial charge < -0.3 is 20.7 Å². The Balaban J connectivity index is 2.52. The molecule has 0 amide bonds. The number of hydrogen-bond acceptors (Lipinski definition) is 5. The molecule has 0 aromatic rings. The third-order valence-electron chi connectivity index (χ3n) is 6.01. The molecule has 4 N–H and O–H groups in total. The van der Waals surface area contributed by atoms with E-state index in [9.17, 15) is 24.6 Å². The first-order valence-corrected chi connectivity index (χ1v) is 7.55. The fourth-order valence-corrected chi connectivity index (χ4v) is 5.21. The van der Waals surface area contributed by atoms with E-state index in [-0.39, 0.29) is 18.3 Å². The highest BCUT2D eigenvalue weighted by Gasteiger charge is 2.85. The number of aliphatic carboxylic acids is 2. The van der Waals surface area contributed by atoms with Crippen molar-refractivity contribution in [3.63, 3.8) is 0 Å². The molecule has 2 aliphatic rings. The Morgan fingerprint density at radius 3 is 2.18 bits per heavy atom. The number of carbonyl (C=O) groups is 3. The SMILES string of the molecule is CCC1[C@@H](CC(=O)OC)[C@H]2[C@@H](C(=O)O)[C@@]2(CC)[C@@]1(N)C(=O)O. The van der Waals surface area contributed by atoms with Crippen LogP contribution in [0.25, 0.3) is 0 Å². The van der Waals surface area contributed by atoms with Crippen LogP contribution in [0, 0.1) is 29.1 Å². The Bertz CT molecular complexity index is 520. The summed E-state index contributed by atoms with van der Waals surface area (Å²) in [5.41, 5.74) is 3.70. The first-order chi connectivity index (χ1) is 10.2. The van der Waals surface area contributed by atoms with Crippen molar-refractivity contribution >= 4 is 17.9 Å². The summed E-state index contributed by atoms with van der Waals surface area (Å²) < 4.78 is 4.69. The van der Waals surface area contributed by atoms with E-state index in [0.29, 0.717) is 12.8 Å². The molecule has 2 saturated carbocycles. The summed E-state index contributed by atoms with van der Waals surface area (Å²) in [6.45, 7) is 3.59. The van der Waals surface area contributed by atoms with Crippen molar-refractivity contribution in [3.8, 4) is 0 Å². The molecule has 0 spiro atoms. The van der Waals surface area contributed by atoms with Crippen molar-refractivity contribution in [1.29, 1.82) is 0 Å². The Morgan fingerprint density at radius 1 is 1.23 bits per heavy atom. The van der Waals surface area contributed by atoms with Crippen LogP contribution in [-0.4, -0.2) is 40.8 Å². The largest absolute Gasteiger partial charge is 0.481 e. The number of esters is 1. The first kappa shape index (κ1) is 16.7. The molecule has 0 radical (unpaired) electrons. The summed E-state index contributed by atoms with van der Waals surface area (Å²) in [5, 5.41) is 19.2. The molecular weight excluding hydrogens is 290 g/mol. The molecule has 22 heavy (non-hydrogen) atoms. The number of ether oxygens (including phenoxy) is 1. The zero-order chi connectivity index (χ0) is 16.9. The summed E-state index contributed by atoms with van der Waals surface area (Å²) in [6.07, 6.45) is 0.859. The Hall–Kier alpha value is -1.63. The third kappa shape index (κ3) is 1.74. The average molecular weight is 313 g/mol. The van der Waals surface area contributed by atoms with Gasteiger partial charge in [-0.25, -0.2) is 0 Å². The quantitative estimate of drug-likeness (QED) is 0.616. The van der Waals surface area contributed by atoms with Crippen LogP contribution in [0.15, 0.2) is 0 Å². The van der Waals surface area contributed by atoms with Gasteiger partial charge in [-0.3, -0.25) is 14.4 Å². The van der Waals surface area contributed by atoms with Crippen LogP contribution in [0.1, 0.15) is 33.1 Å². The van der Waals surface area contributed by atoms with Gasteiger partial charge in [-0.15, -0.1) is 0 Å². The molecule has 0 aromatic heterocycles. The monoisotopic (exact) mass is 313 g/mol. The second-order valence-corrected chi connectivity index (χ2v) is 6.37. The van der Waals surface area contributed by atoms with Gasteiger partial charge >= 0.3 is 17.9 Å². The lowest BCUT2D eigenvalue weighted by molar-refractivity contribution is -0.153. The van der Waals surface area contributed by atoms with E-state index < -0.39 is 40.7 Å². The molecule has 2 rings (SSSR count). The molecule has 2 fully saturated rings. The van der Waals surface area contributed by atoms with E-state index in [0.717, 1.165) is 0 Å². The number of carbonyl (C=O) groups excluding carboxylic acids is 1. The predicted molar refractivity (Wildman–Crippen MR) is 75.8 cm³/mol. The normalized spacial score (nSPS) is 42.5. The van der Waals surface area contributed by atoms with Crippen LogP contribution in [0.2, 0.25) is 0 Å². The summed E-state index contributed by atoms with van der Waals surface area (Å²) in [5.74, 6) is -4.69. The van der Waals surface area contributed by atoms with E-state index in [1.165, 1.54) is 7.11 Å². The van der Waals surface area contributed by atoms with Gasteiger partial charge in [0, 0.05) is 11.8 Å². The molecule has 7 heteroatoms. The Morgan fingerprint density at radius 2 is 1.82 bits per heavy atom. The van der Waals surface area contributed by atoms with E-state index in [1.807, 2.05) is 6.92 Å². The number of nitrogens with two attached hydrogens (primary N) is 1. The van der Waals surface area contributed by atoms with Crippen LogP contribution < -0.4 is 5.73 Å². The van der Waals surface area contributed by atoms with E-state index in [1.54, 1.807) is 6.92 Å². The second kappa shape index (κ2) is 5.22. The van der Waals surface area contributed by atoms with Gasteiger partial charge in [-0.2, -0.15) is 0 Å². The lowest BCUT2D eigenvalue weighted by Crippen LogP contribution is -2.60. The van der Waals surface area contributed by atoms with E-state index >= 15 is 0 Å². The molecule has 7 nitrogen and oxygen atoms in total. The highest BCUT2D eigenvalue weighted by atomic mass is 16.5. The fraction of sp³-hybridized carbons (Fsp3) is 0.800. The maximum absolute atomic E-state index is 11.9. The Labute approximate surface area is 128 Å². The molecule has 0 aromatic carbocycles. The van der Waals surface area contributed by atoms with Gasteiger partial charge in [0.15, 0.2) is 0 Å². The molecule has 0 saturated heterocycles. The van der Waals surface area contributed by atoms with Gasteiger partial charge in [-0.1, -0.05) is 20.3 Å². The van der Waals surface area contributed by atoms with Crippen LogP contribution >= 0.6 is 0 Å². The molecule has 0 aliphatic heterocycles. The standard InChI is InChI=1S/C15H23NO6/c1-4-8-7(6-9(17)22-3)10-11(12(18)19)14(10,5-2)15(8,16)13(20)21/h7-8,10-11H,4-6,16H2,1-3H3,(H,18,19)(H,20,21)/t7-,8?,10+,11+,14+,15+/m1/s1. The number of hydrogen-bond donors (Lipinski definition) is 3. The zero-order valence-corrected chi connectivity index (χ0v) is 13.0. The van der Waals surface area contributed by atoms with Crippen molar-refractivity contribution in [2.75, 3.05) is 7.11 Å². The van der Waals surface area contributed by atoms with Crippen molar-refractivity contribution in [3.05, 3.63) is 0 Å². The van der Waals surface area contributed by atoms with Crippen molar-refractivity contribution in [2.24, 2.45) is 34.8 Å².